The van der Waals surface area contributed by atoms with Gasteiger partial charge in [-0.25, -0.2) is 0 Å². The maximum atomic E-state index is 11.8. The third-order valence-corrected chi connectivity index (χ3v) is 4.18. The van der Waals surface area contributed by atoms with E-state index in [0.717, 1.165) is 18.1 Å². The fraction of sp³-hybridized carbons (Fsp3) is 0.500. The molecule has 1 fully saturated rings. The molecule has 0 radical (unpaired) electrons. The van der Waals surface area contributed by atoms with Crippen molar-refractivity contribution in [2.45, 2.75) is 12.5 Å². The Balaban J connectivity index is 1.88. The van der Waals surface area contributed by atoms with E-state index in [1.165, 1.54) is 4.88 Å². The van der Waals surface area contributed by atoms with Crippen molar-refractivity contribution in [1.82, 2.24) is 5.32 Å². The lowest BCUT2D eigenvalue weighted by Gasteiger charge is -2.21. The number of carbonyl (C=O) groups excluding carboxylic acids is 1. The summed E-state index contributed by atoms with van der Waals surface area (Å²) in [5, 5.41) is 5.29. The Kier molecular flexibility index (Phi) is 3.61. The van der Waals surface area contributed by atoms with Gasteiger partial charge in [-0.05, 0) is 11.4 Å². The van der Waals surface area contributed by atoms with Crippen LogP contribution in [0.3, 0.4) is 0 Å². The molecular formula is C10H13NOS2. The zero-order valence-electron chi connectivity index (χ0n) is 7.86. The van der Waals surface area contributed by atoms with Gasteiger partial charge < -0.3 is 5.32 Å². The molecule has 0 aliphatic carbocycles. The van der Waals surface area contributed by atoms with Crippen LogP contribution in [0.5, 0.6) is 0 Å². The van der Waals surface area contributed by atoms with Crippen LogP contribution in [0.4, 0.5) is 0 Å². The highest BCUT2D eigenvalue weighted by molar-refractivity contribution is 7.99. The Morgan fingerprint density at radius 2 is 2.57 bits per heavy atom. The average Bonchev–Trinajstić information content (AvgIpc) is 2.72. The minimum atomic E-state index is 0.0795. The summed E-state index contributed by atoms with van der Waals surface area (Å²) in [6.07, 6.45) is 0.593. The zero-order valence-corrected chi connectivity index (χ0v) is 9.50. The molecule has 1 aliphatic rings. The third-order valence-electron chi connectivity index (χ3n) is 2.24. The standard InChI is InChI=1S/C10H13NOS2/c12-10(6-8-2-1-4-14-8)9-7-13-5-3-11-9/h1-2,4,9,11H,3,5-7H2. The van der Waals surface area contributed by atoms with Gasteiger partial charge >= 0.3 is 0 Å². The van der Waals surface area contributed by atoms with E-state index >= 15 is 0 Å². The summed E-state index contributed by atoms with van der Waals surface area (Å²) in [6, 6.07) is 4.10. The van der Waals surface area contributed by atoms with Crippen LogP contribution in [0.15, 0.2) is 17.5 Å². The van der Waals surface area contributed by atoms with Gasteiger partial charge in [0.2, 0.25) is 0 Å². The Morgan fingerprint density at radius 3 is 3.21 bits per heavy atom. The summed E-state index contributed by atoms with van der Waals surface area (Å²) in [4.78, 5) is 13.0. The Hall–Kier alpha value is -0.320. The van der Waals surface area contributed by atoms with Crippen LogP contribution >= 0.6 is 23.1 Å². The van der Waals surface area contributed by atoms with Crippen LogP contribution in [-0.4, -0.2) is 29.9 Å². The van der Waals surface area contributed by atoms with E-state index in [2.05, 4.69) is 5.32 Å². The van der Waals surface area contributed by atoms with Gasteiger partial charge in [0.25, 0.3) is 0 Å². The minimum absolute atomic E-state index is 0.0795. The van der Waals surface area contributed by atoms with Crippen molar-refractivity contribution in [1.29, 1.82) is 0 Å². The molecule has 0 bridgehead atoms. The second-order valence-corrected chi connectivity index (χ2v) is 5.49. The maximum Gasteiger partial charge on any atom is 0.155 e. The highest BCUT2D eigenvalue weighted by atomic mass is 32.2. The van der Waals surface area contributed by atoms with Crippen LogP contribution in [0.2, 0.25) is 0 Å². The number of ketones is 1. The van der Waals surface area contributed by atoms with Gasteiger partial charge in [0.15, 0.2) is 5.78 Å². The summed E-state index contributed by atoms with van der Waals surface area (Å²) in [5.74, 6) is 2.40. The number of thiophene rings is 1. The molecule has 0 aromatic carbocycles. The van der Waals surface area contributed by atoms with Crippen molar-refractivity contribution in [3.8, 4) is 0 Å². The number of Topliss-reactive ketones (excluding diaryl/α,β-unsaturated/α-hetero) is 1. The van der Waals surface area contributed by atoms with Gasteiger partial charge in [0.05, 0.1) is 6.04 Å². The Labute approximate surface area is 92.1 Å². The number of carbonyl (C=O) groups is 1. The Bertz CT molecular complexity index is 291. The third kappa shape index (κ3) is 2.59. The highest BCUT2D eigenvalue weighted by Crippen LogP contribution is 2.13. The highest BCUT2D eigenvalue weighted by Gasteiger charge is 2.20. The molecule has 2 heterocycles. The molecule has 2 nitrogen and oxygen atoms in total. The molecular weight excluding hydrogens is 214 g/mol. The first-order valence-corrected chi connectivity index (χ1v) is 6.76. The number of nitrogens with one attached hydrogen (secondary N) is 1. The first-order chi connectivity index (χ1) is 6.86. The SMILES string of the molecule is O=C(Cc1cccs1)C1CSCCN1. The summed E-state index contributed by atoms with van der Waals surface area (Å²) in [5.41, 5.74) is 0. The fourth-order valence-electron chi connectivity index (χ4n) is 1.48. The van der Waals surface area contributed by atoms with Crippen LogP contribution in [0.25, 0.3) is 0 Å². The molecule has 14 heavy (non-hydrogen) atoms. The molecule has 0 amide bonds. The van der Waals surface area contributed by atoms with Crippen molar-refractivity contribution in [3.63, 3.8) is 0 Å². The van der Waals surface area contributed by atoms with E-state index in [4.69, 9.17) is 0 Å². The van der Waals surface area contributed by atoms with Gasteiger partial charge in [-0.15, -0.1) is 11.3 Å². The average molecular weight is 227 g/mol. The van der Waals surface area contributed by atoms with Crippen molar-refractivity contribution >= 4 is 28.9 Å². The number of hydrogen-bond donors (Lipinski definition) is 1. The normalized spacial score (nSPS) is 22.1. The molecule has 1 saturated heterocycles. The quantitative estimate of drug-likeness (QED) is 0.850. The predicted molar refractivity (Wildman–Crippen MR) is 62.1 cm³/mol. The molecule has 1 aliphatic heterocycles. The molecule has 4 heteroatoms. The topological polar surface area (TPSA) is 29.1 Å². The van der Waals surface area contributed by atoms with Crippen LogP contribution < -0.4 is 5.32 Å². The number of hydrogen-bond acceptors (Lipinski definition) is 4. The van der Waals surface area contributed by atoms with E-state index in [-0.39, 0.29) is 6.04 Å². The smallest absolute Gasteiger partial charge is 0.155 e. The lowest BCUT2D eigenvalue weighted by Crippen LogP contribution is -2.43. The molecule has 1 unspecified atom stereocenters. The van der Waals surface area contributed by atoms with Crippen molar-refractivity contribution in [2.24, 2.45) is 0 Å². The summed E-state index contributed by atoms with van der Waals surface area (Å²) in [7, 11) is 0. The van der Waals surface area contributed by atoms with E-state index < -0.39 is 0 Å². The molecule has 2 rings (SSSR count). The molecule has 1 aromatic rings. The first-order valence-electron chi connectivity index (χ1n) is 4.72. The molecule has 0 spiro atoms. The molecule has 0 saturated carbocycles. The lowest BCUT2D eigenvalue weighted by atomic mass is 10.1. The molecule has 1 aromatic heterocycles. The van der Waals surface area contributed by atoms with Crippen molar-refractivity contribution in [2.75, 3.05) is 18.1 Å². The second kappa shape index (κ2) is 4.96. The second-order valence-electron chi connectivity index (χ2n) is 3.30. The van der Waals surface area contributed by atoms with Gasteiger partial charge in [-0.3, -0.25) is 4.79 Å². The number of thioether (sulfide) groups is 1. The van der Waals surface area contributed by atoms with E-state index in [0.29, 0.717) is 12.2 Å². The van der Waals surface area contributed by atoms with Gasteiger partial charge in [-0.2, -0.15) is 11.8 Å². The Morgan fingerprint density at radius 1 is 1.64 bits per heavy atom. The van der Waals surface area contributed by atoms with E-state index in [1.807, 2.05) is 29.3 Å². The minimum Gasteiger partial charge on any atom is -0.306 e. The van der Waals surface area contributed by atoms with Crippen molar-refractivity contribution in [3.05, 3.63) is 22.4 Å². The maximum absolute atomic E-state index is 11.8. The molecule has 1 atom stereocenters. The molecule has 76 valence electrons. The molecule has 1 N–H and O–H groups in total. The zero-order chi connectivity index (χ0) is 9.80. The van der Waals surface area contributed by atoms with Gasteiger partial charge in [0, 0.05) is 29.3 Å². The van der Waals surface area contributed by atoms with Crippen LogP contribution in [0.1, 0.15) is 4.88 Å². The summed E-state index contributed by atoms with van der Waals surface area (Å²) < 4.78 is 0. The summed E-state index contributed by atoms with van der Waals surface area (Å²) >= 11 is 3.52. The van der Waals surface area contributed by atoms with Crippen LogP contribution in [0, 0.1) is 0 Å². The fourth-order valence-corrected chi connectivity index (χ4v) is 3.16. The van der Waals surface area contributed by atoms with Gasteiger partial charge in [0.1, 0.15) is 0 Å². The lowest BCUT2D eigenvalue weighted by molar-refractivity contribution is -0.119. The summed E-state index contributed by atoms with van der Waals surface area (Å²) in [6.45, 7) is 0.964. The van der Waals surface area contributed by atoms with Crippen molar-refractivity contribution < 1.29 is 4.79 Å². The van der Waals surface area contributed by atoms with E-state index in [9.17, 15) is 4.79 Å². The van der Waals surface area contributed by atoms with Gasteiger partial charge in [-0.1, -0.05) is 6.07 Å². The number of rotatable bonds is 3. The first kappa shape index (κ1) is 10.2. The largest absolute Gasteiger partial charge is 0.306 e. The van der Waals surface area contributed by atoms with E-state index in [1.54, 1.807) is 11.3 Å². The van der Waals surface area contributed by atoms with Crippen LogP contribution in [-0.2, 0) is 11.2 Å². The monoisotopic (exact) mass is 227 g/mol. The predicted octanol–water partition coefficient (Wildman–Crippen LogP) is 1.56.